The van der Waals surface area contributed by atoms with Gasteiger partial charge >= 0.3 is 0 Å². The van der Waals surface area contributed by atoms with Crippen LogP contribution in [0.2, 0.25) is 0 Å². The first kappa shape index (κ1) is 26.1. The van der Waals surface area contributed by atoms with Crippen LogP contribution >= 0.6 is 0 Å². The maximum Gasteiger partial charge on any atom is 0.251 e. The summed E-state index contributed by atoms with van der Waals surface area (Å²) in [5.41, 5.74) is 0.825. The minimum atomic E-state index is -0.332. The van der Waals surface area contributed by atoms with Crippen molar-refractivity contribution >= 4 is 11.8 Å². The molecule has 180 valence electrons. The number of amides is 2. The van der Waals surface area contributed by atoms with E-state index >= 15 is 0 Å². The predicted molar refractivity (Wildman–Crippen MR) is 127 cm³/mol. The van der Waals surface area contributed by atoms with Crippen molar-refractivity contribution < 1.29 is 19.4 Å². The van der Waals surface area contributed by atoms with Gasteiger partial charge in [0.2, 0.25) is 5.91 Å². The number of nitrogens with zero attached hydrogens (tertiary/aromatic N) is 1. The summed E-state index contributed by atoms with van der Waals surface area (Å²) < 4.78 is 5.43. The number of phenolic OH excluding ortho intramolecular Hbond substituents is 1. The smallest absolute Gasteiger partial charge is 0.251 e. The molecule has 7 nitrogen and oxygen atoms in total. The summed E-state index contributed by atoms with van der Waals surface area (Å²) in [6, 6.07) is 5.77. The standard InChI is InChI=1S/C25H41N3O4/c1-16(2)28(6)19-9-10-21(18(12-19)15-32-7)27-23(30)14-26-24(31)17-8-11-22(29)20(13-17)25(3,4)5/h8,11,13,16,18-19,21,29H,9-10,12,14-15H2,1-7H3,(H,26,31)(H,27,30)/t18-,19-,21+/m1/s1. The number of rotatable bonds is 8. The van der Waals surface area contributed by atoms with E-state index in [-0.39, 0.29) is 41.5 Å². The number of ether oxygens (including phenoxy) is 1. The molecule has 0 aliphatic heterocycles. The second-order valence-electron chi connectivity index (χ2n) is 10.3. The topological polar surface area (TPSA) is 90.9 Å². The van der Waals surface area contributed by atoms with E-state index in [0.717, 1.165) is 19.3 Å². The molecule has 0 heterocycles. The number of aromatic hydroxyl groups is 1. The second kappa shape index (κ2) is 11.1. The summed E-state index contributed by atoms with van der Waals surface area (Å²) in [5, 5.41) is 15.9. The van der Waals surface area contributed by atoms with Gasteiger partial charge in [-0.3, -0.25) is 9.59 Å². The lowest BCUT2D eigenvalue weighted by Crippen LogP contribution is -2.52. The summed E-state index contributed by atoms with van der Waals surface area (Å²) in [5.74, 6) is -0.128. The lowest BCUT2D eigenvalue weighted by Gasteiger charge is -2.41. The van der Waals surface area contributed by atoms with Crippen molar-refractivity contribution in [3.8, 4) is 5.75 Å². The molecule has 0 bridgehead atoms. The molecule has 1 aromatic carbocycles. The average molecular weight is 448 g/mol. The number of carbonyl (C=O) groups is 2. The first-order valence-electron chi connectivity index (χ1n) is 11.6. The molecule has 1 fully saturated rings. The van der Waals surface area contributed by atoms with Gasteiger partial charge in [0.05, 0.1) is 13.2 Å². The Morgan fingerprint density at radius 3 is 2.53 bits per heavy atom. The van der Waals surface area contributed by atoms with Crippen molar-refractivity contribution in [1.82, 2.24) is 15.5 Å². The summed E-state index contributed by atoms with van der Waals surface area (Å²) in [6.07, 6.45) is 2.89. The van der Waals surface area contributed by atoms with E-state index in [1.54, 1.807) is 19.2 Å². The summed E-state index contributed by atoms with van der Waals surface area (Å²) in [4.78, 5) is 27.6. The second-order valence-corrected chi connectivity index (χ2v) is 10.3. The highest BCUT2D eigenvalue weighted by atomic mass is 16.5. The maximum atomic E-state index is 12.6. The van der Waals surface area contributed by atoms with Gasteiger partial charge < -0.3 is 25.4 Å². The Kier molecular flexibility index (Phi) is 9.10. The van der Waals surface area contributed by atoms with E-state index in [1.807, 2.05) is 20.8 Å². The molecule has 2 rings (SSSR count). The number of methoxy groups -OCH3 is 1. The lowest BCUT2D eigenvalue weighted by molar-refractivity contribution is -0.121. The molecule has 2 amide bonds. The summed E-state index contributed by atoms with van der Waals surface area (Å²) in [6.45, 7) is 10.8. The van der Waals surface area contributed by atoms with E-state index in [2.05, 4.69) is 36.4 Å². The first-order valence-corrected chi connectivity index (χ1v) is 11.6. The fourth-order valence-electron chi connectivity index (χ4n) is 4.42. The van der Waals surface area contributed by atoms with Gasteiger partial charge in [0.15, 0.2) is 0 Å². The molecule has 0 saturated heterocycles. The number of hydrogen-bond acceptors (Lipinski definition) is 5. The third kappa shape index (κ3) is 6.94. The van der Waals surface area contributed by atoms with Crippen LogP contribution in [0.5, 0.6) is 5.75 Å². The number of nitrogens with one attached hydrogen (secondary N) is 2. The molecule has 3 N–H and O–H groups in total. The highest BCUT2D eigenvalue weighted by molar-refractivity contribution is 5.96. The van der Waals surface area contributed by atoms with Crippen LogP contribution in [-0.4, -0.2) is 67.3 Å². The fraction of sp³-hybridized carbons (Fsp3) is 0.680. The Balaban J connectivity index is 1.94. The zero-order chi connectivity index (χ0) is 24.1. The molecule has 1 aliphatic rings. The molecule has 1 aliphatic carbocycles. The van der Waals surface area contributed by atoms with Gasteiger partial charge in [-0.05, 0) is 63.8 Å². The van der Waals surface area contributed by atoms with E-state index < -0.39 is 0 Å². The molecule has 0 aromatic heterocycles. The molecule has 32 heavy (non-hydrogen) atoms. The van der Waals surface area contributed by atoms with Crippen LogP contribution in [0.3, 0.4) is 0 Å². The number of benzene rings is 1. The van der Waals surface area contributed by atoms with Crippen LogP contribution in [0.25, 0.3) is 0 Å². The average Bonchev–Trinajstić information content (AvgIpc) is 2.72. The van der Waals surface area contributed by atoms with Gasteiger partial charge in [0.1, 0.15) is 5.75 Å². The van der Waals surface area contributed by atoms with Crippen molar-refractivity contribution in [3.05, 3.63) is 29.3 Å². The monoisotopic (exact) mass is 447 g/mol. The normalized spacial score (nSPS) is 21.6. The van der Waals surface area contributed by atoms with Crippen LogP contribution in [0.15, 0.2) is 18.2 Å². The Labute approximate surface area is 192 Å². The molecule has 0 spiro atoms. The Morgan fingerprint density at radius 1 is 1.25 bits per heavy atom. The van der Waals surface area contributed by atoms with E-state index in [4.69, 9.17) is 4.74 Å². The summed E-state index contributed by atoms with van der Waals surface area (Å²) in [7, 11) is 3.85. The highest BCUT2D eigenvalue weighted by Gasteiger charge is 2.33. The molecule has 7 heteroatoms. The van der Waals surface area contributed by atoms with E-state index in [1.165, 1.54) is 6.07 Å². The summed E-state index contributed by atoms with van der Waals surface area (Å²) >= 11 is 0. The van der Waals surface area contributed by atoms with Crippen LogP contribution in [0.1, 0.15) is 69.8 Å². The molecule has 3 atom stereocenters. The van der Waals surface area contributed by atoms with Gasteiger partial charge in [0, 0.05) is 42.3 Å². The van der Waals surface area contributed by atoms with Crippen molar-refractivity contribution in [3.63, 3.8) is 0 Å². The molecular formula is C25H41N3O4. The minimum absolute atomic E-state index is 0.0392. The maximum absolute atomic E-state index is 12.6. The molecule has 1 saturated carbocycles. The van der Waals surface area contributed by atoms with Crippen LogP contribution < -0.4 is 10.6 Å². The number of phenols is 1. The zero-order valence-electron chi connectivity index (χ0n) is 20.7. The van der Waals surface area contributed by atoms with Crippen molar-refractivity contribution in [2.45, 2.75) is 77.4 Å². The Hall–Kier alpha value is -2.12. The lowest BCUT2D eigenvalue weighted by atomic mass is 9.81. The SMILES string of the molecule is COC[C@H]1C[C@H](N(C)C(C)C)CC[C@@H]1NC(=O)CNC(=O)c1ccc(O)c(C(C)(C)C)c1. The molecular weight excluding hydrogens is 406 g/mol. The zero-order valence-corrected chi connectivity index (χ0v) is 20.7. The van der Waals surface area contributed by atoms with Crippen LogP contribution in [0, 0.1) is 5.92 Å². The Bertz CT molecular complexity index is 788. The van der Waals surface area contributed by atoms with Gasteiger partial charge in [-0.1, -0.05) is 20.8 Å². The quantitative estimate of drug-likeness (QED) is 0.570. The fourth-order valence-corrected chi connectivity index (χ4v) is 4.42. The van der Waals surface area contributed by atoms with Gasteiger partial charge in [-0.2, -0.15) is 0 Å². The van der Waals surface area contributed by atoms with Crippen molar-refractivity contribution in [1.29, 1.82) is 0 Å². The third-order valence-electron chi connectivity index (χ3n) is 6.55. The predicted octanol–water partition coefficient (Wildman–Crippen LogP) is 3.06. The van der Waals surface area contributed by atoms with Crippen molar-refractivity contribution in [2.75, 3.05) is 27.3 Å². The van der Waals surface area contributed by atoms with Crippen LogP contribution in [-0.2, 0) is 14.9 Å². The molecule has 0 radical (unpaired) electrons. The van der Waals surface area contributed by atoms with Crippen molar-refractivity contribution in [2.24, 2.45) is 5.92 Å². The van der Waals surface area contributed by atoms with Gasteiger partial charge in [-0.15, -0.1) is 0 Å². The van der Waals surface area contributed by atoms with Crippen LogP contribution in [0.4, 0.5) is 0 Å². The largest absolute Gasteiger partial charge is 0.508 e. The van der Waals surface area contributed by atoms with E-state index in [9.17, 15) is 14.7 Å². The Morgan fingerprint density at radius 2 is 1.94 bits per heavy atom. The van der Waals surface area contributed by atoms with Gasteiger partial charge in [-0.25, -0.2) is 0 Å². The number of hydrogen-bond donors (Lipinski definition) is 3. The first-order chi connectivity index (χ1) is 14.9. The van der Waals surface area contributed by atoms with Gasteiger partial charge in [0.25, 0.3) is 5.91 Å². The molecule has 1 aromatic rings. The van der Waals surface area contributed by atoms with E-state index in [0.29, 0.717) is 29.8 Å². The molecule has 0 unspecified atom stereocenters. The highest BCUT2D eigenvalue weighted by Crippen LogP contribution is 2.31. The third-order valence-corrected chi connectivity index (χ3v) is 6.55. The number of carbonyl (C=O) groups excluding carboxylic acids is 2. The minimum Gasteiger partial charge on any atom is -0.508 e.